The van der Waals surface area contributed by atoms with Crippen LogP contribution in [0.2, 0.25) is 5.02 Å². The number of aliphatic hydroxyl groups excluding tert-OH is 1. The zero-order valence-corrected chi connectivity index (χ0v) is 9.36. The molecule has 0 aliphatic rings. The van der Waals surface area contributed by atoms with E-state index in [0.29, 0.717) is 4.47 Å². The Labute approximate surface area is 89.7 Å². The van der Waals surface area contributed by atoms with Crippen molar-refractivity contribution in [2.24, 2.45) is 0 Å². The second kappa shape index (κ2) is 4.40. The Kier molecular flexibility index (Phi) is 3.71. The highest BCUT2D eigenvalue weighted by atomic mass is 79.9. The van der Waals surface area contributed by atoms with Crippen molar-refractivity contribution < 1.29 is 9.50 Å². The van der Waals surface area contributed by atoms with E-state index >= 15 is 0 Å². The zero-order chi connectivity index (χ0) is 10.0. The first-order chi connectivity index (χ1) is 6.06. The Bertz CT molecular complexity index is 293. The van der Waals surface area contributed by atoms with Gasteiger partial charge in [-0.3, -0.25) is 0 Å². The number of hydrogen-bond donors (Lipinski definition) is 1. The Balaban J connectivity index is 3.13. The summed E-state index contributed by atoms with van der Waals surface area (Å²) in [4.78, 5) is 0. The molecule has 13 heavy (non-hydrogen) atoms. The van der Waals surface area contributed by atoms with E-state index in [4.69, 9.17) is 16.7 Å². The highest BCUT2D eigenvalue weighted by molar-refractivity contribution is 9.10. The summed E-state index contributed by atoms with van der Waals surface area (Å²) in [6.07, 6.45) is 0. The van der Waals surface area contributed by atoms with Gasteiger partial charge in [0.25, 0.3) is 0 Å². The van der Waals surface area contributed by atoms with Gasteiger partial charge in [0.05, 0.1) is 9.50 Å². The minimum absolute atomic E-state index is 0.0222. The highest BCUT2D eigenvalue weighted by Gasteiger charge is 2.10. The lowest BCUT2D eigenvalue weighted by Gasteiger charge is -2.09. The van der Waals surface area contributed by atoms with Crippen molar-refractivity contribution >= 4 is 27.5 Å². The molecule has 72 valence electrons. The van der Waals surface area contributed by atoms with Gasteiger partial charge in [-0.05, 0) is 33.6 Å². The molecular weight excluding hydrogens is 258 g/mol. The van der Waals surface area contributed by atoms with Gasteiger partial charge in [0, 0.05) is 12.5 Å². The molecule has 0 aliphatic carbocycles. The lowest BCUT2D eigenvalue weighted by atomic mass is 10.0. The van der Waals surface area contributed by atoms with Crippen LogP contribution in [0.25, 0.3) is 0 Å². The molecule has 0 saturated heterocycles. The molecule has 0 radical (unpaired) electrons. The van der Waals surface area contributed by atoms with E-state index in [9.17, 15) is 4.39 Å². The van der Waals surface area contributed by atoms with Crippen LogP contribution in [0.5, 0.6) is 0 Å². The van der Waals surface area contributed by atoms with Gasteiger partial charge in [-0.25, -0.2) is 4.39 Å². The summed E-state index contributed by atoms with van der Waals surface area (Å²) in [5.41, 5.74) is 0.820. The van der Waals surface area contributed by atoms with Crippen molar-refractivity contribution in [3.63, 3.8) is 0 Å². The first-order valence-corrected chi connectivity index (χ1v) is 4.98. The summed E-state index contributed by atoms with van der Waals surface area (Å²) < 4.78 is 13.4. The maximum atomic E-state index is 13.0. The fourth-order valence-corrected chi connectivity index (χ4v) is 1.78. The molecule has 1 unspecified atom stereocenters. The summed E-state index contributed by atoms with van der Waals surface area (Å²) in [6, 6.07) is 3.16. The van der Waals surface area contributed by atoms with Crippen LogP contribution in [-0.2, 0) is 0 Å². The molecule has 0 aromatic heterocycles. The summed E-state index contributed by atoms with van der Waals surface area (Å²) in [5, 5.41) is 8.96. The topological polar surface area (TPSA) is 20.2 Å². The van der Waals surface area contributed by atoms with Crippen molar-refractivity contribution in [1.29, 1.82) is 0 Å². The zero-order valence-electron chi connectivity index (χ0n) is 7.02. The van der Waals surface area contributed by atoms with Crippen LogP contribution in [0, 0.1) is 5.82 Å². The van der Waals surface area contributed by atoms with E-state index in [1.807, 2.05) is 6.92 Å². The predicted molar refractivity (Wildman–Crippen MR) is 54.6 cm³/mol. The Morgan fingerprint density at radius 3 is 2.69 bits per heavy atom. The number of aliphatic hydroxyl groups is 1. The quantitative estimate of drug-likeness (QED) is 0.815. The average Bonchev–Trinajstić information content (AvgIpc) is 2.12. The molecule has 0 saturated carbocycles. The van der Waals surface area contributed by atoms with Crippen molar-refractivity contribution in [3.8, 4) is 0 Å². The van der Waals surface area contributed by atoms with Gasteiger partial charge < -0.3 is 5.11 Å². The molecule has 1 rings (SSSR count). The smallest absolute Gasteiger partial charge is 0.155 e. The van der Waals surface area contributed by atoms with Crippen LogP contribution in [0.4, 0.5) is 4.39 Å². The van der Waals surface area contributed by atoms with E-state index in [1.54, 1.807) is 6.07 Å². The minimum Gasteiger partial charge on any atom is -0.396 e. The van der Waals surface area contributed by atoms with Crippen LogP contribution in [0.1, 0.15) is 18.4 Å². The molecule has 1 nitrogen and oxygen atoms in total. The van der Waals surface area contributed by atoms with Crippen molar-refractivity contribution in [2.75, 3.05) is 6.61 Å². The molecule has 0 heterocycles. The summed E-state index contributed by atoms with van der Waals surface area (Å²) in [6.45, 7) is 1.87. The highest BCUT2D eigenvalue weighted by Crippen LogP contribution is 2.28. The molecule has 0 bridgehead atoms. The lowest BCUT2D eigenvalue weighted by Crippen LogP contribution is -1.99. The molecule has 1 N–H and O–H groups in total. The summed E-state index contributed by atoms with van der Waals surface area (Å²) in [7, 11) is 0. The van der Waals surface area contributed by atoms with Crippen LogP contribution in [-0.4, -0.2) is 11.7 Å². The Morgan fingerprint density at radius 1 is 1.62 bits per heavy atom. The molecule has 1 aromatic rings. The van der Waals surface area contributed by atoms with Crippen LogP contribution < -0.4 is 0 Å². The number of hydrogen-bond acceptors (Lipinski definition) is 1. The Hall–Kier alpha value is -0.120. The van der Waals surface area contributed by atoms with Crippen molar-refractivity contribution in [1.82, 2.24) is 0 Å². The van der Waals surface area contributed by atoms with Crippen LogP contribution in [0.15, 0.2) is 16.6 Å². The van der Waals surface area contributed by atoms with E-state index < -0.39 is 5.82 Å². The number of rotatable bonds is 2. The standard InChI is InChI=1S/C9H9BrClFO/c1-5(4-13)6-2-7(10)9(12)8(11)3-6/h2-3,5,13H,4H2,1H3. The van der Waals surface area contributed by atoms with Gasteiger partial charge in [-0.2, -0.15) is 0 Å². The van der Waals surface area contributed by atoms with E-state index in [2.05, 4.69) is 15.9 Å². The van der Waals surface area contributed by atoms with Gasteiger partial charge in [0.15, 0.2) is 5.82 Å². The molecule has 0 aliphatic heterocycles. The third-order valence-electron chi connectivity index (χ3n) is 1.85. The van der Waals surface area contributed by atoms with Crippen molar-refractivity contribution in [2.45, 2.75) is 12.8 Å². The number of benzene rings is 1. The third kappa shape index (κ3) is 2.42. The molecule has 1 atom stereocenters. The van der Waals surface area contributed by atoms with Gasteiger partial charge in [-0.15, -0.1) is 0 Å². The van der Waals surface area contributed by atoms with E-state index in [0.717, 1.165) is 5.56 Å². The SMILES string of the molecule is CC(CO)c1cc(Cl)c(F)c(Br)c1. The molecule has 1 aromatic carbocycles. The predicted octanol–water partition coefficient (Wildman–Crippen LogP) is 3.34. The largest absolute Gasteiger partial charge is 0.396 e. The van der Waals surface area contributed by atoms with Gasteiger partial charge in [0.1, 0.15) is 0 Å². The van der Waals surface area contributed by atoms with Crippen molar-refractivity contribution in [3.05, 3.63) is 33.0 Å². The molecule has 0 fully saturated rings. The maximum Gasteiger partial charge on any atom is 0.155 e. The second-order valence-corrected chi connectivity index (χ2v) is 4.14. The van der Waals surface area contributed by atoms with E-state index in [1.165, 1.54) is 6.07 Å². The first-order valence-electron chi connectivity index (χ1n) is 3.81. The van der Waals surface area contributed by atoms with E-state index in [-0.39, 0.29) is 17.5 Å². The van der Waals surface area contributed by atoms with Gasteiger partial charge in [0.2, 0.25) is 0 Å². The lowest BCUT2D eigenvalue weighted by molar-refractivity contribution is 0.273. The molecular formula is C9H9BrClFO. The average molecular weight is 268 g/mol. The normalized spacial score (nSPS) is 13.0. The third-order valence-corrected chi connectivity index (χ3v) is 2.70. The molecule has 4 heteroatoms. The van der Waals surface area contributed by atoms with Crippen LogP contribution >= 0.6 is 27.5 Å². The fraction of sp³-hybridized carbons (Fsp3) is 0.333. The first kappa shape index (κ1) is 11.0. The fourth-order valence-electron chi connectivity index (χ4n) is 0.965. The molecule has 0 amide bonds. The van der Waals surface area contributed by atoms with Gasteiger partial charge >= 0.3 is 0 Å². The number of halogens is 3. The maximum absolute atomic E-state index is 13.0. The molecule has 0 spiro atoms. The second-order valence-electron chi connectivity index (χ2n) is 2.88. The van der Waals surface area contributed by atoms with Gasteiger partial charge in [-0.1, -0.05) is 18.5 Å². The van der Waals surface area contributed by atoms with Crippen LogP contribution in [0.3, 0.4) is 0 Å². The summed E-state index contributed by atoms with van der Waals surface area (Å²) >= 11 is 8.69. The minimum atomic E-state index is -0.462. The summed E-state index contributed by atoms with van der Waals surface area (Å²) in [5.74, 6) is -0.495. The monoisotopic (exact) mass is 266 g/mol. The Morgan fingerprint density at radius 2 is 2.23 bits per heavy atom.